The van der Waals surface area contributed by atoms with Crippen LogP contribution in [-0.2, 0) is 12.7 Å². The second-order valence-electron chi connectivity index (χ2n) is 9.82. The summed E-state index contributed by atoms with van der Waals surface area (Å²) in [6.45, 7) is 3.02. The number of aromatic nitrogens is 1. The molecule has 3 N–H and O–H groups in total. The Kier molecular flexibility index (Phi) is 7.64. The molecule has 1 aliphatic carbocycles. The van der Waals surface area contributed by atoms with Crippen LogP contribution in [0.15, 0.2) is 12.1 Å². The van der Waals surface area contributed by atoms with Crippen LogP contribution in [0.3, 0.4) is 0 Å². The van der Waals surface area contributed by atoms with Crippen LogP contribution in [0.25, 0.3) is 0 Å². The van der Waals surface area contributed by atoms with Crippen molar-refractivity contribution in [3.05, 3.63) is 23.4 Å². The Morgan fingerprint density at radius 1 is 1.24 bits per heavy atom. The SMILES string of the molecule is CNNC1(CC#N)CN([C@H]2CC[C@@H](Oc3cc(CN4CC[C@@H](O)C4)cc(C(F)(F)F)n3)CC2)C1. The summed E-state index contributed by atoms with van der Waals surface area (Å²) in [6, 6.07) is 5.30. The number of rotatable bonds is 8. The highest BCUT2D eigenvalue weighted by molar-refractivity contribution is 5.27. The van der Waals surface area contributed by atoms with Crippen LogP contribution in [0, 0.1) is 11.3 Å². The smallest absolute Gasteiger partial charge is 0.433 e. The number of hydrazine groups is 1. The molecular formula is C23H33F3N6O2. The predicted molar refractivity (Wildman–Crippen MR) is 119 cm³/mol. The highest BCUT2D eigenvalue weighted by Gasteiger charge is 2.46. The molecule has 1 aromatic rings. The molecule has 3 heterocycles. The summed E-state index contributed by atoms with van der Waals surface area (Å²) in [4.78, 5) is 8.06. The highest BCUT2D eigenvalue weighted by atomic mass is 19.4. The quantitative estimate of drug-likeness (QED) is 0.485. The first-order chi connectivity index (χ1) is 16.2. The van der Waals surface area contributed by atoms with Crippen LogP contribution in [0.2, 0.25) is 0 Å². The van der Waals surface area contributed by atoms with Crippen molar-refractivity contribution in [1.29, 1.82) is 5.26 Å². The second kappa shape index (κ2) is 10.3. The summed E-state index contributed by atoms with van der Waals surface area (Å²) in [7, 11) is 1.80. The molecular weight excluding hydrogens is 449 g/mol. The maximum atomic E-state index is 13.5. The fraction of sp³-hybridized carbons (Fsp3) is 0.739. The third-order valence-electron chi connectivity index (χ3n) is 7.07. The van der Waals surface area contributed by atoms with E-state index in [1.54, 1.807) is 13.1 Å². The lowest BCUT2D eigenvalue weighted by Crippen LogP contribution is -2.73. The Hall–Kier alpha value is -1.97. The number of alkyl halides is 3. The number of hydrogen-bond acceptors (Lipinski definition) is 8. The molecule has 3 fully saturated rings. The van der Waals surface area contributed by atoms with Crippen molar-refractivity contribution >= 4 is 0 Å². The number of ether oxygens (including phenoxy) is 1. The number of halogens is 3. The molecule has 4 rings (SSSR count). The summed E-state index contributed by atoms with van der Waals surface area (Å²) in [5.41, 5.74) is 5.47. The minimum absolute atomic E-state index is 0.0169. The zero-order chi connectivity index (χ0) is 24.3. The molecule has 2 saturated heterocycles. The van der Waals surface area contributed by atoms with E-state index >= 15 is 0 Å². The molecule has 0 aromatic carbocycles. The molecule has 1 atom stereocenters. The summed E-state index contributed by atoms with van der Waals surface area (Å²) in [6.07, 6.45) is -0.810. The van der Waals surface area contributed by atoms with Gasteiger partial charge in [-0.25, -0.2) is 10.4 Å². The average molecular weight is 483 g/mol. The zero-order valence-corrected chi connectivity index (χ0v) is 19.4. The maximum absolute atomic E-state index is 13.5. The van der Waals surface area contributed by atoms with Crippen molar-refractivity contribution in [1.82, 2.24) is 25.6 Å². The number of β-amino-alcohol motifs (C(OH)–C–C–N with tert-alkyl or cyclic N) is 1. The first-order valence-corrected chi connectivity index (χ1v) is 11.9. The van der Waals surface area contributed by atoms with E-state index in [2.05, 4.69) is 26.8 Å². The molecule has 1 saturated carbocycles. The summed E-state index contributed by atoms with van der Waals surface area (Å²) >= 11 is 0. The lowest BCUT2D eigenvalue weighted by molar-refractivity contribution is -0.141. The number of hydrogen-bond donors (Lipinski definition) is 3. The van der Waals surface area contributed by atoms with E-state index < -0.39 is 18.0 Å². The maximum Gasteiger partial charge on any atom is 0.433 e. The van der Waals surface area contributed by atoms with Crippen molar-refractivity contribution in [2.75, 3.05) is 33.2 Å². The number of nitriles is 1. The van der Waals surface area contributed by atoms with Gasteiger partial charge >= 0.3 is 6.18 Å². The van der Waals surface area contributed by atoms with Crippen LogP contribution < -0.4 is 15.6 Å². The molecule has 188 valence electrons. The van der Waals surface area contributed by atoms with Gasteiger partial charge in [-0.05, 0) is 50.8 Å². The van der Waals surface area contributed by atoms with Gasteiger partial charge in [-0.15, -0.1) is 0 Å². The number of aliphatic hydroxyl groups is 1. The topological polar surface area (TPSA) is 96.7 Å². The average Bonchev–Trinajstić information content (AvgIpc) is 3.16. The van der Waals surface area contributed by atoms with E-state index in [1.807, 2.05) is 4.90 Å². The van der Waals surface area contributed by atoms with E-state index in [0.29, 0.717) is 44.1 Å². The molecule has 8 nitrogen and oxygen atoms in total. The normalized spacial score (nSPS) is 27.8. The molecule has 0 unspecified atom stereocenters. The van der Waals surface area contributed by atoms with Gasteiger partial charge in [-0.1, -0.05) is 0 Å². The number of pyridine rings is 1. The van der Waals surface area contributed by atoms with Crippen LogP contribution in [0.4, 0.5) is 13.2 Å². The van der Waals surface area contributed by atoms with Gasteiger partial charge < -0.3 is 9.84 Å². The van der Waals surface area contributed by atoms with E-state index in [9.17, 15) is 18.3 Å². The second-order valence-corrected chi connectivity index (χ2v) is 9.82. The third kappa shape index (κ3) is 5.98. The van der Waals surface area contributed by atoms with E-state index in [-0.39, 0.29) is 17.5 Å². The highest BCUT2D eigenvalue weighted by Crippen LogP contribution is 2.35. The van der Waals surface area contributed by atoms with Gasteiger partial charge in [0.15, 0.2) is 0 Å². The number of nitrogens with one attached hydrogen (secondary N) is 2. The largest absolute Gasteiger partial charge is 0.474 e. The lowest BCUT2D eigenvalue weighted by Gasteiger charge is -2.53. The van der Waals surface area contributed by atoms with Gasteiger partial charge in [0.05, 0.1) is 24.1 Å². The molecule has 0 bridgehead atoms. The molecule has 34 heavy (non-hydrogen) atoms. The molecule has 2 aliphatic heterocycles. The van der Waals surface area contributed by atoms with Gasteiger partial charge in [-0.2, -0.15) is 18.4 Å². The van der Waals surface area contributed by atoms with Crippen molar-refractivity contribution < 1.29 is 23.0 Å². The van der Waals surface area contributed by atoms with Gasteiger partial charge in [0.25, 0.3) is 0 Å². The van der Waals surface area contributed by atoms with Gasteiger partial charge in [0, 0.05) is 44.8 Å². The van der Waals surface area contributed by atoms with Crippen LogP contribution in [0.1, 0.15) is 49.8 Å². The minimum Gasteiger partial charge on any atom is -0.474 e. The van der Waals surface area contributed by atoms with Gasteiger partial charge in [0.1, 0.15) is 11.8 Å². The molecule has 11 heteroatoms. The Morgan fingerprint density at radius 2 is 1.97 bits per heavy atom. The van der Waals surface area contributed by atoms with Crippen molar-refractivity contribution in [2.45, 2.75) is 75.0 Å². The van der Waals surface area contributed by atoms with Gasteiger partial charge in [-0.3, -0.25) is 15.2 Å². The number of aliphatic hydroxyl groups excluding tert-OH is 1. The van der Waals surface area contributed by atoms with Crippen LogP contribution in [0.5, 0.6) is 5.88 Å². The molecule has 3 aliphatic rings. The fourth-order valence-electron chi connectivity index (χ4n) is 5.41. The van der Waals surface area contributed by atoms with Crippen LogP contribution in [-0.4, -0.2) is 76.9 Å². The standard InChI is InChI=1S/C23H33F3N6O2/c1-28-30-22(7-8-27)14-32(15-22)17-2-4-19(5-3-17)34-21-11-16(10-20(29-21)23(24,25)26)12-31-9-6-18(33)13-31/h10-11,17-19,28,30,33H,2-7,9,12-15H2,1H3/t17-,18-,19+/m1/s1. The van der Waals surface area contributed by atoms with Crippen molar-refractivity contribution in [3.8, 4) is 11.9 Å². The molecule has 1 aromatic heterocycles. The fourth-order valence-corrected chi connectivity index (χ4v) is 5.41. The zero-order valence-electron chi connectivity index (χ0n) is 19.4. The number of likely N-dealkylation sites (tertiary alicyclic amines) is 2. The minimum atomic E-state index is -4.55. The number of nitrogens with zero attached hydrogens (tertiary/aromatic N) is 4. The first kappa shape index (κ1) is 25.1. The summed E-state index contributed by atoms with van der Waals surface area (Å²) in [5.74, 6) is 0.0169. The first-order valence-electron chi connectivity index (χ1n) is 11.9. The molecule has 0 spiro atoms. The van der Waals surface area contributed by atoms with Crippen molar-refractivity contribution in [2.24, 2.45) is 0 Å². The Labute approximate surface area is 198 Å². The molecule has 0 radical (unpaired) electrons. The summed E-state index contributed by atoms with van der Waals surface area (Å²) in [5, 5.41) is 18.8. The Morgan fingerprint density at radius 3 is 2.56 bits per heavy atom. The lowest BCUT2D eigenvalue weighted by atomic mass is 9.82. The molecule has 0 amide bonds. The van der Waals surface area contributed by atoms with Gasteiger partial charge in [0.2, 0.25) is 5.88 Å². The van der Waals surface area contributed by atoms with Crippen LogP contribution >= 0.6 is 0 Å². The monoisotopic (exact) mass is 482 g/mol. The third-order valence-corrected chi connectivity index (χ3v) is 7.07. The summed E-state index contributed by atoms with van der Waals surface area (Å²) < 4.78 is 46.3. The Bertz CT molecular complexity index is 878. The van der Waals surface area contributed by atoms with Crippen molar-refractivity contribution in [3.63, 3.8) is 0 Å². The predicted octanol–water partition coefficient (Wildman–Crippen LogP) is 2.05. The van der Waals surface area contributed by atoms with E-state index in [4.69, 9.17) is 10.00 Å². The Balaban J connectivity index is 1.34. The van der Waals surface area contributed by atoms with E-state index in [0.717, 1.165) is 44.8 Å². The van der Waals surface area contributed by atoms with E-state index in [1.165, 1.54) is 0 Å².